The molecule has 0 radical (unpaired) electrons. The van der Waals surface area contributed by atoms with Crippen molar-refractivity contribution in [2.45, 2.75) is 25.4 Å². The predicted molar refractivity (Wildman–Crippen MR) is 57.5 cm³/mol. The number of aryl methyl sites for hydroxylation is 1. The van der Waals surface area contributed by atoms with E-state index in [-0.39, 0.29) is 5.78 Å². The first kappa shape index (κ1) is 11.3. The van der Waals surface area contributed by atoms with E-state index in [2.05, 4.69) is 4.98 Å². The number of ketones is 1. The number of pyridine rings is 1. The molecular formula is C12H9F3N2O. The Morgan fingerprint density at radius 1 is 1.22 bits per heavy atom. The van der Waals surface area contributed by atoms with Gasteiger partial charge in [-0.3, -0.25) is 4.79 Å². The van der Waals surface area contributed by atoms with Crippen LogP contribution in [-0.4, -0.2) is 15.2 Å². The van der Waals surface area contributed by atoms with Gasteiger partial charge in [-0.05, 0) is 25.0 Å². The molecule has 0 aliphatic heterocycles. The highest BCUT2D eigenvalue weighted by Crippen LogP contribution is 2.30. The van der Waals surface area contributed by atoms with Gasteiger partial charge in [0.2, 0.25) is 0 Å². The highest BCUT2D eigenvalue weighted by Gasteiger charge is 2.32. The Kier molecular flexibility index (Phi) is 2.23. The summed E-state index contributed by atoms with van der Waals surface area (Å²) < 4.78 is 39.3. The first-order chi connectivity index (χ1) is 8.47. The van der Waals surface area contributed by atoms with Gasteiger partial charge in [-0.2, -0.15) is 13.2 Å². The molecule has 0 saturated heterocycles. The van der Waals surface area contributed by atoms with E-state index in [0.717, 1.165) is 12.3 Å². The maximum Gasteiger partial charge on any atom is 0.417 e. The quantitative estimate of drug-likeness (QED) is 0.724. The third kappa shape index (κ3) is 1.60. The van der Waals surface area contributed by atoms with Crippen LogP contribution in [0.25, 0.3) is 5.65 Å². The van der Waals surface area contributed by atoms with E-state index in [0.29, 0.717) is 36.3 Å². The Balaban J connectivity index is 2.25. The molecule has 6 heteroatoms. The molecule has 0 spiro atoms. The van der Waals surface area contributed by atoms with Crippen LogP contribution in [0.2, 0.25) is 0 Å². The van der Waals surface area contributed by atoms with Crippen molar-refractivity contribution in [3.8, 4) is 0 Å². The molecule has 0 amide bonds. The molecule has 0 aromatic carbocycles. The number of alkyl halides is 3. The van der Waals surface area contributed by atoms with Crippen LogP contribution in [-0.2, 0) is 12.6 Å². The number of carbonyl (C=O) groups is 1. The number of carbonyl (C=O) groups excluding carboxylic acids is 1. The highest BCUT2D eigenvalue weighted by atomic mass is 19.4. The lowest BCUT2D eigenvalue weighted by Gasteiger charge is -2.11. The van der Waals surface area contributed by atoms with E-state index < -0.39 is 11.7 Å². The van der Waals surface area contributed by atoms with Crippen molar-refractivity contribution < 1.29 is 18.0 Å². The molecule has 94 valence electrons. The van der Waals surface area contributed by atoms with Crippen molar-refractivity contribution in [3.63, 3.8) is 0 Å². The summed E-state index contributed by atoms with van der Waals surface area (Å²) in [6.45, 7) is 0. The monoisotopic (exact) mass is 254 g/mol. The normalized spacial score (nSPS) is 16.1. The molecule has 0 bridgehead atoms. The van der Waals surface area contributed by atoms with Crippen LogP contribution in [0.3, 0.4) is 0 Å². The Hall–Kier alpha value is -1.85. The third-order valence-corrected chi connectivity index (χ3v) is 3.13. The van der Waals surface area contributed by atoms with Gasteiger partial charge < -0.3 is 4.40 Å². The Bertz CT molecular complexity index is 643. The standard InChI is InChI=1S/C12H9F3N2O/c13-12(14,15)7-4-5-10-16-11-8(17(10)6-7)2-1-3-9(11)18/h4-6H,1-3H2. The molecule has 3 rings (SSSR count). The average molecular weight is 254 g/mol. The van der Waals surface area contributed by atoms with E-state index >= 15 is 0 Å². The number of hydrogen-bond acceptors (Lipinski definition) is 2. The van der Waals surface area contributed by atoms with Crippen LogP contribution in [0.5, 0.6) is 0 Å². The smallest absolute Gasteiger partial charge is 0.303 e. The van der Waals surface area contributed by atoms with Crippen molar-refractivity contribution in [2.24, 2.45) is 0 Å². The Morgan fingerprint density at radius 3 is 2.72 bits per heavy atom. The van der Waals surface area contributed by atoms with Crippen molar-refractivity contribution in [1.29, 1.82) is 0 Å². The van der Waals surface area contributed by atoms with Gasteiger partial charge >= 0.3 is 6.18 Å². The topological polar surface area (TPSA) is 34.4 Å². The summed E-state index contributed by atoms with van der Waals surface area (Å²) in [6.07, 6.45) is -1.70. The molecule has 0 unspecified atom stereocenters. The lowest BCUT2D eigenvalue weighted by atomic mass is 10.00. The second kappa shape index (κ2) is 3.57. The van der Waals surface area contributed by atoms with Gasteiger partial charge in [0.05, 0.1) is 11.3 Å². The van der Waals surface area contributed by atoms with Crippen molar-refractivity contribution >= 4 is 11.4 Å². The summed E-state index contributed by atoms with van der Waals surface area (Å²) in [4.78, 5) is 15.7. The fourth-order valence-corrected chi connectivity index (χ4v) is 2.26. The highest BCUT2D eigenvalue weighted by molar-refractivity contribution is 5.97. The predicted octanol–water partition coefficient (Wildman–Crippen LogP) is 2.87. The first-order valence-corrected chi connectivity index (χ1v) is 5.58. The molecule has 0 N–H and O–H groups in total. The minimum absolute atomic E-state index is 0.0893. The summed E-state index contributed by atoms with van der Waals surface area (Å²) in [7, 11) is 0. The molecule has 0 saturated carbocycles. The number of Topliss-reactive ketones (excluding diaryl/α,β-unsaturated/α-hetero) is 1. The average Bonchev–Trinajstić information content (AvgIpc) is 2.67. The number of imidazole rings is 1. The van der Waals surface area contributed by atoms with Crippen LogP contribution in [0.15, 0.2) is 18.3 Å². The summed E-state index contributed by atoms with van der Waals surface area (Å²) >= 11 is 0. The van der Waals surface area contributed by atoms with Gasteiger partial charge in [0.25, 0.3) is 0 Å². The van der Waals surface area contributed by atoms with Crippen LogP contribution in [0, 0.1) is 0 Å². The van der Waals surface area contributed by atoms with Gasteiger partial charge in [-0.15, -0.1) is 0 Å². The second-order valence-corrected chi connectivity index (χ2v) is 4.33. The van der Waals surface area contributed by atoms with E-state index in [1.807, 2.05) is 0 Å². The van der Waals surface area contributed by atoms with Crippen LogP contribution in [0.1, 0.15) is 34.6 Å². The molecule has 0 atom stereocenters. The molecule has 1 aliphatic rings. The van der Waals surface area contributed by atoms with Gasteiger partial charge in [-0.25, -0.2) is 4.98 Å². The number of nitrogens with zero attached hydrogens (tertiary/aromatic N) is 2. The third-order valence-electron chi connectivity index (χ3n) is 3.13. The zero-order chi connectivity index (χ0) is 12.9. The molecular weight excluding hydrogens is 245 g/mol. The summed E-state index contributed by atoms with van der Waals surface area (Å²) in [5, 5.41) is 0. The molecule has 18 heavy (non-hydrogen) atoms. The second-order valence-electron chi connectivity index (χ2n) is 4.33. The van der Waals surface area contributed by atoms with E-state index in [1.165, 1.54) is 10.5 Å². The fourth-order valence-electron chi connectivity index (χ4n) is 2.26. The molecule has 2 heterocycles. The largest absolute Gasteiger partial charge is 0.417 e. The van der Waals surface area contributed by atoms with Crippen molar-refractivity contribution in [2.75, 3.05) is 0 Å². The van der Waals surface area contributed by atoms with Crippen molar-refractivity contribution in [3.05, 3.63) is 35.3 Å². The summed E-state index contributed by atoms with van der Waals surface area (Å²) in [5.41, 5.74) is 0.574. The van der Waals surface area contributed by atoms with Gasteiger partial charge in [0.15, 0.2) is 5.78 Å². The number of aromatic nitrogens is 2. The minimum atomic E-state index is -4.38. The molecule has 1 aliphatic carbocycles. The zero-order valence-corrected chi connectivity index (χ0v) is 9.29. The maximum atomic E-state index is 12.6. The van der Waals surface area contributed by atoms with Gasteiger partial charge in [-0.1, -0.05) is 0 Å². The first-order valence-electron chi connectivity index (χ1n) is 5.58. The Labute approximate surface area is 100 Å². The zero-order valence-electron chi connectivity index (χ0n) is 9.29. The van der Waals surface area contributed by atoms with Gasteiger partial charge in [0, 0.05) is 12.6 Å². The Morgan fingerprint density at radius 2 is 2.00 bits per heavy atom. The summed E-state index contributed by atoms with van der Waals surface area (Å²) in [5.74, 6) is -0.0893. The van der Waals surface area contributed by atoms with Crippen LogP contribution < -0.4 is 0 Å². The summed E-state index contributed by atoms with van der Waals surface area (Å²) in [6, 6.07) is 2.28. The molecule has 2 aromatic rings. The fraction of sp³-hybridized carbons (Fsp3) is 0.333. The van der Waals surface area contributed by atoms with Crippen LogP contribution >= 0.6 is 0 Å². The SMILES string of the molecule is O=C1CCCc2c1nc1ccc(C(F)(F)F)cn21. The van der Waals surface area contributed by atoms with Crippen LogP contribution in [0.4, 0.5) is 13.2 Å². The lowest BCUT2D eigenvalue weighted by Crippen LogP contribution is -2.12. The number of halogens is 3. The molecule has 2 aromatic heterocycles. The van der Waals surface area contributed by atoms with E-state index in [9.17, 15) is 18.0 Å². The lowest BCUT2D eigenvalue weighted by molar-refractivity contribution is -0.137. The van der Waals surface area contributed by atoms with E-state index in [1.54, 1.807) is 0 Å². The molecule has 3 nitrogen and oxygen atoms in total. The number of hydrogen-bond donors (Lipinski definition) is 0. The van der Waals surface area contributed by atoms with Gasteiger partial charge in [0.1, 0.15) is 11.3 Å². The molecule has 0 fully saturated rings. The van der Waals surface area contributed by atoms with Crippen molar-refractivity contribution in [1.82, 2.24) is 9.38 Å². The maximum absolute atomic E-state index is 12.6. The van der Waals surface area contributed by atoms with E-state index in [4.69, 9.17) is 0 Å². The number of fused-ring (bicyclic) bond motifs is 3. The minimum Gasteiger partial charge on any atom is -0.303 e. The number of rotatable bonds is 0.